The topological polar surface area (TPSA) is 89.7 Å². The third-order valence-electron chi connectivity index (χ3n) is 4.11. The molecule has 0 saturated heterocycles. The Morgan fingerprint density at radius 3 is 2.73 bits per heavy atom. The monoisotopic (exact) mass is 301 g/mol. The predicted molar refractivity (Wildman–Crippen MR) is 80.6 cm³/mol. The van der Waals surface area contributed by atoms with Crippen molar-refractivity contribution in [2.24, 2.45) is 0 Å². The fourth-order valence-corrected chi connectivity index (χ4v) is 3.09. The number of nitrogens with zero attached hydrogens (tertiary/aromatic N) is 1. The zero-order valence-corrected chi connectivity index (χ0v) is 11.8. The largest absolute Gasteiger partial charge is 0.482 e. The van der Waals surface area contributed by atoms with Crippen LogP contribution < -0.4 is 4.74 Å². The number of carboxylic acids is 1. The van der Waals surface area contributed by atoms with E-state index < -0.39 is 10.9 Å². The summed E-state index contributed by atoms with van der Waals surface area (Å²) >= 11 is 0. The van der Waals surface area contributed by atoms with Gasteiger partial charge in [0.25, 0.3) is 5.69 Å². The van der Waals surface area contributed by atoms with Crippen LogP contribution in [0.25, 0.3) is 12.2 Å². The van der Waals surface area contributed by atoms with E-state index in [1.54, 1.807) is 12.1 Å². The average Bonchev–Trinajstić information content (AvgIpc) is 2.92. The molecule has 6 nitrogen and oxygen atoms in total. The Hall–Kier alpha value is -2.63. The number of ether oxygens (including phenoxy) is 1. The lowest BCUT2D eigenvalue weighted by Gasteiger charge is -2.31. The summed E-state index contributed by atoms with van der Waals surface area (Å²) in [5, 5.41) is 20.1. The van der Waals surface area contributed by atoms with E-state index in [0.717, 1.165) is 31.8 Å². The number of nitro benzene ring substituents is 1. The summed E-state index contributed by atoms with van der Waals surface area (Å²) in [6.07, 6.45) is 9.76. The number of rotatable bonds is 3. The zero-order chi connectivity index (χ0) is 15.7. The minimum atomic E-state index is -1.15. The zero-order valence-electron chi connectivity index (χ0n) is 11.8. The molecule has 1 aromatic rings. The van der Waals surface area contributed by atoms with Crippen LogP contribution in [0, 0.1) is 10.1 Å². The standard InChI is InChI=1S/C16H15NO5/c18-14(19)6-4-11-3-5-13-12(15(11)17(20)21)7-10-16(22-13)8-1-2-9-16/h3-7,10H,1-2,8-9H2,(H,18,19)/b6-4+. The van der Waals surface area contributed by atoms with E-state index in [9.17, 15) is 14.9 Å². The molecular weight excluding hydrogens is 286 g/mol. The Kier molecular flexibility index (Phi) is 3.44. The fourth-order valence-electron chi connectivity index (χ4n) is 3.09. The second-order valence-corrected chi connectivity index (χ2v) is 5.55. The Bertz CT molecular complexity index is 699. The van der Waals surface area contributed by atoms with Gasteiger partial charge in [-0.2, -0.15) is 0 Å². The highest BCUT2D eigenvalue weighted by Crippen LogP contribution is 2.44. The van der Waals surface area contributed by atoms with Gasteiger partial charge in [0.2, 0.25) is 0 Å². The Labute approximate surface area is 126 Å². The van der Waals surface area contributed by atoms with Gasteiger partial charge in [-0.3, -0.25) is 10.1 Å². The average molecular weight is 301 g/mol. The van der Waals surface area contributed by atoms with E-state index in [2.05, 4.69) is 0 Å². The number of hydrogen-bond donors (Lipinski definition) is 1. The van der Waals surface area contributed by atoms with Crippen molar-refractivity contribution in [3.8, 4) is 5.75 Å². The van der Waals surface area contributed by atoms with Crippen molar-refractivity contribution >= 4 is 23.8 Å². The minimum absolute atomic E-state index is 0.126. The second-order valence-electron chi connectivity index (χ2n) is 5.55. The minimum Gasteiger partial charge on any atom is -0.482 e. The number of carboxylic acid groups (broad SMARTS) is 1. The molecule has 1 spiro atoms. The highest BCUT2D eigenvalue weighted by Gasteiger charge is 2.38. The third-order valence-corrected chi connectivity index (χ3v) is 4.11. The number of aliphatic carboxylic acids is 1. The molecule has 2 aliphatic rings. The molecule has 0 unspecified atom stereocenters. The molecule has 1 N–H and O–H groups in total. The molecule has 1 aromatic carbocycles. The summed E-state index contributed by atoms with van der Waals surface area (Å²) < 4.78 is 6.02. The van der Waals surface area contributed by atoms with Gasteiger partial charge in [0.05, 0.1) is 16.1 Å². The van der Waals surface area contributed by atoms with Gasteiger partial charge in [0, 0.05) is 6.08 Å². The molecule has 1 heterocycles. The molecular formula is C16H15NO5. The quantitative estimate of drug-likeness (QED) is 0.525. The van der Waals surface area contributed by atoms with Gasteiger partial charge in [0.1, 0.15) is 11.4 Å². The van der Waals surface area contributed by atoms with Crippen LogP contribution in [0.2, 0.25) is 0 Å². The first-order chi connectivity index (χ1) is 10.5. The predicted octanol–water partition coefficient (Wildman–Crippen LogP) is 3.41. The first-order valence-electron chi connectivity index (χ1n) is 7.11. The van der Waals surface area contributed by atoms with Gasteiger partial charge >= 0.3 is 5.97 Å². The first kappa shape index (κ1) is 14.3. The van der Waals surface area contributed by atoms with Gasteiger partial charge in [0.15, 0.2) is 0 Å². The van der Waals surface area contributed by atoms with E-state index in [1.807, 2.05) is 6.08 Å². The van der Waals surface area contributed by atoms with Crippen molar-refractivity contribution < 1.29 is 19.6 Å². The number of nitro groups is 1. The van der Waals surface area contributed by atoms with E-state index in [1.165, 1.54) is 12.1 Å². The summed E-state index contributed by atoms with van der Waals surface area (Å²) in [7, 11) is 0. The van der Waals surface area contributed by atoms with Gasteiger partial charge in [-0.1, -0.05) is 0 Å². The number of benzene rings is 1. The molecule has 1 aliphatic carbocycles. The van der Waals surface area contributed by atoms with Crippen LogP contribution in [0.5, 0.6) is 5.75 Å². The highest BCUT2D eigenvalue weighted by atomic mass is 16.6. The Morgan fingerprint density at radius 1 is 1.36 bits per heavy atom. The van der Waals surface area contributed by atoms with Crippen molar-refractivity contribution in [1.29, 1.82) is 0 Å². The van der Waals surface area contributed by atoms with Crippen LogP contribution in [0.15, 0.2) is 24.3 Å². The second kappa shape index (κ2) is 5.29. The van der Waals surface area contributed by atoms with Gasteiger partial charge in [-0.25, -0.2) is 4.79 Å². The summed E-state index contributed by atoms with van der Waals surface area (Å²) in [6, 6.07) is 3.20. The van der Waals surface area contributed by atoms with Crippen LogP contribution in [0.1, 0.15) is 36.8 Å². The molecule has 22 heavy (non-hydrogen) atoms. The summed E-state index contributed by atoms with van der Waals surface area (Å²) in [6.45, 7) is 0. The van der Waals surface area contributed by atoms with Crippen LogP contribution in [-0.4, -0.2) is 21.6 Å². The first-order valence-corrected chi connectivity index (χ1v) is 7.11. The summed E-state index contributed by atoms with van der Waals surface area (Å²) in [5.74, 6) is -0.660. The molecule has 0 bridgehead atoms. The van der Waals surface area contributed by atoms with E-state index in [-0.39, 0.29) is 16.9 Å². The van der Waals surface area contributed by atoms with Crippen LogP contribution in [-0.2, 0) is 4.79 Å². The van der Waals surface area contributed by atoms with Crippen LogP contribution in [0.4, 0.5) is 5.69 Å². The van der Waals surface area contributed by atoms with Crippen LogP contribution in [0.3, 0.4) is 0 Å². The third kappa shape index (κ3) is 2.47. The maximum Gasteiger partial charge on any atom is 0.328 e. The molecule has 0 radical (unpaired) electrons. The van der Waals surface area contributed by atoms with Crippen LogP contribution >= 0.6 is 0 Å². The molecule has 114 valence electrons. The molecule has 1 aliphatic heterocycles. The summed E-state index contributed by atoms with van der Waals surface area (Å²) in [4.78, 5) is 21.5. The fraction of sp³-hybridized carbons (Fsp3) is 0.312. The Morgan fingerprint density at radius 2 is 2.09 bits per heavy atom. The van der Waals surface area contributed by atoms with Crippen molar-refractivity contribution in [3.05, 3.63) is 45.5 Å². The molecule has 0 amide bonds. The smallest absolute Gasteiger partial charge is 0.328 e. The molecule has 3 rings (SSSR count). The van der Waals surface area contributed by atoms with E-state index >= 15 is 0 Å². The molecule has 6 heteroatoms. The lowest BCUT2D eigenvalue weighted by atomic mass is 9.94. The van der Waals surface area contributed by atoms with E-state index in [0.29, 0.717) is 11.3 Å². The van der Waals surface area contributed by atoms with Crippen molar-refractivity contribution in [2.75, 3.05) is 0 Å². The van der Waals surface area contributed by atoms with Gasteiger partial charge in [-0.15, -0.1) is 0 Å². The number of hydrogen-bond acceptors (Lipinski definition) is 4. The lowest BCUT2D eigenvalue weighted by Crippen LogP contribution is -2.32. The molecule has 1 fully saturated rings. The van der Waals surface area contributed by atoms with Gasteiger partial charge < -0.3 is 9.84 Å². The lowest BCUT2D eigenvalue weighted by molar-refractivity contribution is -0.385. The van der Waals surface area contributed by atoms with Crippen molar-refractivity contribution in [1.82, 2.24) is 0 Å². The highest BCUT2D eigenvalue weighted by molar-refractivity contribution is 5.87. The molecule has 0 aromatic heterocycles. The normalized spacial score (nSPS) is 18.4. The van der Waals surface area contributed by atoms with Crippen molar-refractivity contribution in [3.63, 3.8) is 0 Å². The van der Waals surface area contributed by atoms with E-state index in [4.69, 9.17) is 9.84 Å². The number of fused-ring (bicyclic) bond motifs is 1. The summed E-state index contributed by atoms with van der Waals surface area (Å²) in [5.41, 5.74) is 0.190. The van der Waals surface area contributed by atoms with Crippen molar-refractivity contribution in [2.45, 2.75) is 31.3 Å². The maximum absolute atomic E-state index is 11.4. The number of carbonyl (C=O) groups is 1. The Balaban J connectivity index is 2.06. The molecule has 1 saturated carbocycles. The molecule has 0 atom stereocenters. The maximum atomic E-state index is 11.4. The van der Waals surface area contributed by atoms with Gasteiger partial charge in [-0.05, 0) is 56.0 Å². The SMILES string of the molecule is O=C(O)/C=C/c1ccc2c(c1[N+](=O)[O-])C=CC1(CCCC1)O2.